The van der Waals surface area contributed by atoms with Crippen LogP contribution in [0.25, 0.3) is 0 Å². The van der Waals surface area contributed by atoms with Gasteiger partial charge in [-0.05, 0) is 43.5 Å². The van der Waals surface area contributed by atoms with Gasteiger partial charge in [0.1, 0.15) is 0 Å². The third-order valence-corrected chi connectivity index (χ3v) is 5.37. The molecule has 1 fully saturated rings. The maximum Gasteiger partial charge on any atom is 0.152 e. The van der Waals surface area contributed by atoms with E-state index in [2.05, 4.69) is 16.3 Å². The van der Waals surface area contributed by atoms with Crippen LogP contribution in [0.2, 0.25) is 0 Å². The zero-order valence-corrected chi connectivity index (χ0v) is 12.6. The number of benzene rings is 1. The third-order valence-electron chi connectivity index (χ3n) is 3.55. The van der Waals surface area contributed by atoms with Gasteiger partial charge < -0.3 is 10.2 Å². The van der Waals surface area contributed by atoms with Gasteiger partial charge >= 0.3 is 0 Å². The Morgan fingerprint density at radius 3 is 2.63 bits per heavy atom. The van der Waals surface area contributed by atoms with E-state index in [1.54, 1.807) is 0 Å². The number of sulfone groups is 1. The van der Waals surface area contributed by atoms with Gasteiger partial charge in [0.2, 0.25) is 0 Å². The molecule has 1 unspecified atom stereocenters. The van der Waals surface area contributed by atoms with Crippen molar-refractivity contribution in [3.05, 3.63) is 23.8 Å². The molecule has 106 valence electrons. The van der Waals surface area contributed by atoms with Crippen LogP contribution in [0.1, 0.15) is 18.4 Å². The molecule has 19 heavy (non-hydrogen) atoms. The smallest absolute Gasteiger partial charge is 0.152 e. The largest absolute Gasteiger partial charge is 0.381 e. The van der Waals surface area contributed by atoms with Gasteiger partial charge in [0.25, 0.3) is 0 Å². The van der Waals surface area contributed by atoms with Crippen molar-refractivity contribution in [2.45, 2.75) is 25.8 Å². The zero-order valence-electron chi connectivity index (χ0n) is 11.8. The normalized spacial score (nSPS) is 21.9. The summed E-state index contributed by atoms with van der Waals surface area (Å²) in [5.74, 6) is 0.589. The molecule has 1 aromatic carbocycles. The third kappa shape index (κ3) is 3.62. The predicted molar refractivity (Wildman–Crippen MR) is 80.8 cm³/mol. The molecular weight excluding hydrogens is 260 g/mol. The lowest BCUT2D eigenvalue weighted by molar-refractivity contribution is 0.562. The molecule has 1 aliphatic rings. The molecule has 0 aliphatic carbocycles. The predicted octanol–water partition coefficient (Wildman–Crippen LogP) is 2.05. The van der Waals surface area contributed by atoms with Crippen molar-refractivity contribution in [2.75, 3.05) is 35.8 Å². The van der Waals surface area contributed by atoms with Crippen LogP contribution >= 0.6 is 0 Å². The van der Waals surface area contributed by atoms with E-state index in [1.165, 1.54) is 0 Å². The van der Waals surface area contributed by atoms with Crippen molar-refractivity contribution >= 4 is 21.2 Å². The Kier molecular flexibility index (Phi) is 4.04. The first-order chi connectivity index (χ1) is 8.87. The van der Waals surface area contributed by atoms with E-state index in [1.807, 2.05) is 33.2 Å². The molecule has 4 nitrogen and oxygen atoms in total. The molecule has 1 aliphatic heterocycles. The highest BCUT2D eigenvalue weighted by Crippen LogP contribution is 2.24. The van der Waals surface area contributed by atoms with Crippen molar-refractivity contribution < 1.29 is 8.42 Å². The van der Waals surface area contributed by atoms with Gasteiger partial charge in [0.05, 0.1) is 11.5 Å². The first kappa shape index (κ1) is 14.2. The molecule has 5 heteroatoms. The highest BCUT2D eigenvalue weighted by molar-refractivity contribution is 7.91. The molecule has 1 aromatic rings. The topological polar surface area (TPSA) is 49.4 Å². The zero-order chi connectivity index (χ0) is 14.0. The molecule has 0 saturated carbocycles. The SMILES string of the molecule is Cc1cc(N(C)C)ccc1NC1CCCS(=O)(=O)C1. The Bertz CT molecular complexity index is 553. The summed E-state index contributed by atoms with van der Waals surface area (Å²) in [6.07, 6.45) is 1.68. The molecule has 0 amide bonds. The lowest BCUT2D eigenvalue weighted by Crippen LogP contribution is -2.35. The number of aryl methyl sites for hydroxylation is 1. The quantitative estimate of drug-likeness (QED) is 0.922. The minimum absolute atomic E-state index is 0.0441. The summed E-state index contributed by atoms with van der Waals surface area (Å²) < 4.78 is 23.3. The van der Waals surface area contributed by atoms with E-state index in [0.717, 1.165) is 29.8 Å². The fourth-order valence-corrected chi connectivity index (χ4v) is 4.08. The molecule has 1 heterocycles. The minimum atomic E-state index is -2.86. The molecule has 2 rings (SSSR count). The lowest BCUT2D eigenvalue weighted by atomic mass is 10.1. The van der Waals surface area contributed by atoms with Crippen molar-refractivity contribution in [3.63, 3.8) is 0 Å². The van der Waals surface area contributed by atoms with Gasteiger partial charge in [-0.25, -0.2) is 8.42 Å². The fraction of sp³-hybridized carbons (Fsp3) is 0.571. The summed E-state index contributed by atoms with van der Waals surface area (Å²) in [6, 6.07) is 6.24. The summed E-state index contributed by atoms with van der Waals surface area (Å²) in [5.41, 5.74) is 3.33. The highest BCUT2D eigenvalue weighted by atomic mass is 32.2. The molecule has 1 atom stereocenters. The van der Waals surface area contributed by atoms with Crippen LogP contribution in [0.3, 0.4) is 0 Å². The second-order valence-corrected chi connectivity index (χ2v) is 7.72. The number of nitrogens with one attached hydrogen (secondary N) is 1. The highest BCUT2D eigenvalue weighted by Gasteiger charge is 2.24. The second kappa shape index (κ2) is 5.41. The molecular formula is C14H22N2O2S. The standard InChI is InChI=1S/C14H22N2O2S/c1-11-9-13(16(2)3)6-7-14(11)15-12-5-4-8-19(17,18)10-12/h6-7,9,12,15H,4-5,8,10H2,1-3H3. The fourth-order valence-electron chi connectivity index (χ4n) is 2.44. The first-order valence-corrected chi connectivity index (χ1v) is 8.44. The van der Waals surface area contributed by atoms with Crippen molar-refractivity contribution in [1.82, 2.24) is 0 Å². The second-order valence-electron chi connectivity index (χ2n) is 5.49. The number of rotatable bonds is 3. The molecule has 1 saturated heterocycles. The Labute approximate surface area is 115 Å². The van der Waals surface area contributed by atoms with E-state index >= 15 is 0 Å². The van der Waals surface area contributed by atoms with Crippen LogP contribution in [0.15, 0.2) is 18.2 Å². The summed E-state index contributed by atoms with van der Waals surface area (Å²) in [7, 11) is 1.16. The van der Waals surface area contributed by atoms with E-state index < -0.39 is 9.84 Å². The summed E-state index contributed by atoms with van der Waals surface area (Å²) in [5, 5.41) is 3.37. The Hall–Kier alpha value is -1.23. The lowest BCUT2D eigenvalue weighted by Gasteiger charge is -2.25. The Morgan fingerprint density at radius 1 is 1.32 bits per heavy atom. The summed E-state index contributed by atoms with van der Waals surface area (Å²) in [4.78, 5) is 2.06. The van der Waals surface area contributed by atoms with Crippen molar-refractivity contribution in [3.8, 4) is 0 Å². The monoisotopic (exact) mass is 282 g/mol. The first-order valence-electron chi connectivity index (χ1n) is 6.62. The minimum Gasteiger partial charge on any atom is -0.381 e. The molecule has 0 spiro atoms. The van der Waals surface area contributed by atoms with Gasteiger partial charge in [-0.15, -0.1) is 0 Å². The number of nitrogens with zero attached hydrogens (tertiary/aromatic N) is 1. The number of hydrogen-bond donors (Lipinski definition) is 1. The maximum absolute atomic E-state index is 11.6. The van der Waals surface area contributed by atoms with Crippen molar-refractivity contribution in [1.29, 1.82) is 0 Å². The van der Waals surface area contributed by atoms with E-state index in [9.17, 15) is 8.42 Å². The van der Waals surface area contributed by atoms with Crippen LogP contribution in [0.4, 0.5) is 11.4 Å². The van der Waals surface area contributed by atoms with E-state index in [4.69, 9.17) is 0 Å². The van der Waals surface area contributed by atoms with E-state index in [0.29, 0.717) is 5.75 Å². The molecule has 0 radical (unpaired) electrons. The molecule has 0 aromatic heterocycles. The van der Waals surface area contributed by atoms with Crippen LogP contribution in [-0.4, -0.2) is 40.1 Å². The van der Waals surface area contributed by atoms with Gasteiger partial charge in [-0.2, -0.15) is 0 Å². The average molecular weight is 282 g/mol. The number of anilines is 2. The molecule has 0 bridgehead atoms. The van der Waals surface area contributed by atoms with Crippen LogP contribution in [-0.2, 0) is 9.84 Å². The average Bonchev–Trinajstić information content (AvgIpc) is 2.30. The van der Waals surface area contributed by atoms with E-state index in [-0.39, 0.29) is 11.8 Å². The maximum atomic E-state index is 11.6. The Balaban J connectivity index is 2.11. The number of hydrogen-bond acceptors (Lipinski definition) is 4. The van der Waals surface area contributed by atoms with Gasteiger partial charge in [0, 0.05) is 31.5 Å². The van der Waals surface area contributed by atoms with Crippen LogP contribution in [0, 0.1) is 6.92 Å². The van der Waals surface area contributed by atoms with Gasteiger partial charge in [0.15, 0.2) is 9.84 Å². The van der Waals surface area contributed by atoms with Gasteiger partial charge in [-0.3, -0.25) is 0 Å². The molecule has 1 N–H and O–H groups in total. The van der Waals surface area contributed by atoms with Crippen LogP contribution in [0.5, 0.6) is 0 Å². The van der Waals surface area contributed by atoms with Gasteiger partial charge in [-0.1, -0.05) is 0 Å². The summed E-state index contributed by atoms with van der Waals surface area (Å²) in [6.45, 7) is 2.05. The van der Waals surface area contributed by atoms with Crippen molar-refractivity contribution in [2.24, 2.45) is 0 Å². The summed E-state index contributed by atoms with van der Waals surface area (Å²) >= 11 is 0. The Morgan fingerprint density at radius 2 is 2.05 bits per heavy atom. The van der Waals surface area contributed by atoms with Crippen LogP contribution < -0.4 is 10.2 Å².